The Morgan fingerprint density at radius 1 is 1.29 bits per heavy atom. The zero-order valence-electron chi connectivity index (χ0n) is 14.3. The lowest BCUT2D eigenvalue weighted by molar-refractivity contribution is 0.372. The van der Waals surface area contributed by atoms with Gasteiger partial charge in [-0.15, -0.1) is 35.3 Å². The summed E-state index contributed by atoms with van der Waals surface area (Å²) in [6, 6.07) is 0. The second kappa shape index (κ2) is 11.3. The molecule has 0 amide bonds. The summed E-state index contributed by atoms with van der Waals surface area (Å²) in [6.07, 6.45) is 5.60. The minimum absolute atomic E-state index is 0. The minimum Gasteiger partial charge on any atom is -0.356 e. The first-order chi connectivity index (χ1) is 11.2. The molecule has 0 fully saturated rings. The van der Waals surface area contributed by atoms with E-state index in [2.05, 4.69) is 37.7 Å². The molecule has 0 aromatic carbocycles. The molecule has 9 heteroatoms. The maximum Gasteiger partial charge on any atom is 0.226 e. The highest BCUT2D eigenvalue weighted by Crippen LogP contribution is 2.13. The van der Waals surface area contributed by atoms with Crippen molar-refractivity contribution in [2.45, 2.75) is 39.5 Å². The molecule has 0 unspecified atom stereocenters. The van der Waals surface area contributed by atoms with Gasteiger partial charge in [-0.25, -0.2) is 4.98 Å². The van der Waals surface area contributed by atoms with Crippen molar-refractivity contribution in [1.82, 2.24) is 25.8 Å². The van der Waals surface area contributed by atoms with E-state index in [4.69, 9.17) is 4.52 Å². The molecular formula is C15H25IN6OS. The molecule has 0 saturated carbocycles. The molecule has 2 aromatic rings. The SMILES string of the molecule is CCc1cnc(CCNC(=NC)NCCCc2nc(C)no2)s1.I. The predicted molar refractivity (Wildman–Crippen MR) is 107 cm³/mol. The highest BCUT2D eigenvalue weighted by atomic mass is 127. The van der Waals surface area contributed by atoms with Crippen molar-refractivity contribution in [1.29, 1.82) is 0 Å². The standard InChI is InChI=1S/C15H24N6OS.HI/c1-4-12-10-19-14(23-12)7-9-18-15(16-3)17-8-5-6-13-20-11(2)21-22-13;/h10H,4-9H2,1-3H3,(H2,16,17,18);1H. The number of guanidine groups is 1. The maximum absolute atomic E-state index is 5.08. The van der Waals surface area contributed by atoms with Gasteiger partial charge in [-0.1, -0.05) is 12.1 Å². The Hall–Kier alpha value is -1.23. The van der Waals surface area contributed by atoms with Crippen LogP contribution < -0.4 is 10.6 Å². The number of aryl methyl sites for hydroxylation is 3. The first-order valence-electron chi connectivity index (χ1n) is 7.88. The molecule has 2 N–H and O–H groups in total. The zero-order chi connectivity index (χ0) is 16.5. The molecule has 134 valence electrons. The van der Waals surface area contributed by atoms with Crippen LogP contribution in [0.25, 0.3) is 0 Å². The van der Waals surface area contributed by atoms with E-state index < -0.39 is 0 Å². The Labute approximate surface area is 163 Å². The van der Waals surface area contributed by atoms with Crippen LogP contribution in [0.15, 0.2) is 15.7 Å². The number of nitrogens with zero attached hydrogens (tertiary/aromatic N) is 4. The van der Waals surface area contributed by atoms with E-state index in [9.17, 15) is 0 Å². The van der Waals surface area contributed by atoms with E-state index in [1.54, 1.807) is 18.4 Å². The van der Waals surface area contributed by atoms with Gasteiger partial charge in [-0.05, 0) is 19.8 Å². The summed E-state index contributed by atoms with van der Waals surface area (Å²) in [6.45, 7) is 5.59. The monoisotopic (exact) mass is 464 g/mol. The Kier molecular flexibility index (Phi) is 9.84. The molecule has 0 aliphatic rings. The van der Waals surface area contributed by atoms with E-state index in [1.807, 2.05) is 13.1 Å². The van der Waals surface area contributed by atoms with Gasteiger partial charge < -0.3 is 15.2 Å². The van der Waals surface area contributed by atoms with E-state index in [0.717, 1.165) is 49.7 Å². The summed E-state index contributed by atoms with van der Waals surface area (Å²) in [5.74, 6) is 2.17. The first kappa shape index (κ1) is 20.8. The molecule has 2 heterocycles. The van der Waals surface area contributed by atoms with Crippen molar-refractivity contribution in [3.8, 4) is 0 Å². The Morgan fingerprint density at radius 2 is 2.08 bits per heavy atom. The third-order valence-corrected chi connectivity index (χ3v) is 4.44. The third-order valence-electron chi connectivity index (χ3n) is 3.23. The fourth-order valence-corrected chi connectivity index (χ4v) is 2.89. The average molecular weight is 464 g/mol. The molecule has 0 spiro atoms. The van der Waals surface area contributed by atoms with Gasteiger partial charge in [0, 0.05) is 44.1 Å². The fraction of sp³-hybridized carbons (Fsp3) is 0.600. The summed E-state index contributed by atoms with van der Waals surface area (Å²) in [4.78, 5) is 14.1. The molecule has 0 aliphatic carbocycles. The summed E-state index contributed by atoms with van der Waals surface area (Å²) in [7, 11) is 1.77. The van der Waals surface area contributed by atoms with Crippen molar-refractivity contribution in [2.75, 3.05) is 20.1 Å². The van der Waals surface area contributed by atoms with Crippen molar-refractivity contribution >= 4 is 41.3 Å². The normalized spacial score (nSPS) is 11.2. The zero-order valence-corrected chi connectivity index (χ0v) is 17.5. The molecule has 0 radical (unpaired) electrons. The minimum atomic E-state index is 0. The Bertz CT molecular complexity index is 627. The van der Waals surface area contributed by atoms with Crippen LogP contribution in [-0.2, 0) is 19.3 Å². The lowest BCUT2D eigenvalue weighted by Gasteiger charge is -2.10. The van der Waals surface area contributed by atoms with Crippen LogP contribution in [0, 0.1) is 6.92 Å². The fourth-order valence-electron chi connectivity index (χ4n) is 2.02. The lowest BCUT2D eigenvalue weighted by atomic mass is 10.3. The van der Waals surface area contributed by atoms with Crippen LogP contribution in [0.1, 0.15) is 34.9 Å². The molecule has 0 saturated heterocycles. The first-order valence-corrected chi connectivity index (χ1v) is 8.70. The van der Waals surface area contributed by atoms with E-state index in [1.165, 1.54) is 4.88 Å². The molecule has 0 aliphatic heterocycles. The van der Waals surface area contributed by atoms with E-state index in [0.29, 0.717) is 11.7 Å². The lowest BCUT2D eigenvalue weighted by Crippen LogP contribution is -2.38. The molecule has 24 heavy (non-hydrogen) atoms. The van der Waals surface area contributed by atoms with E-state index in [-0.39, 0.29) is 24.0 Å². The van der Waals surface area contributed by atoms with E-state index >= 15 is 0 Å². The van der Waals surface area contributed by atoms with Gasteiger partial charge in [0.05, 0.1) is 5.01 Å². The molecule has 0 bridgehead atoms. The number of hydrogen-bond donors (Lipinski definition) is 2. The third kappa shape index (κ3) is 7.12. The summed E-state index contributed by atoms with van der Waals surface area (Å²) < 4.78 is 5.08. The predicted octanol–water partition coefficient (Wildman–Crippen LogP) is 2.36. The second-order valence-electron chi connectivity index (χ2n) is 5.09. The van der Waals surface area contributed by atoms with Gasteiger partial charge in [-0.2, -0.15) is 4.98 Å². The number of halogens is 1. The molecule has 0 atom stereocenters. The summed E-state index contributed by atoms with van der Waals surface area (Å²) in [5.41, 5.74) is 0. The molecule has 7 nitrogen and oxygen atoms in total. The Morgan fingerprint density at radius 3 is 2.71 bits per heavy atom. The Balaban J connectivity index is 0.00000288. The van der Waals surface area contributed by atoms with Crippen molar-refractivity contribution in [3.05, 3.63) is 27.8 Å². The molecule has 2 aromatic heterocycles. The number of aromatic nitrogens is 3. The van der Waals surface area contributed by atoms with Crippen molar-refractivity contribution < 1.29 is 4.52 Å². The van der Waals surface area contributed by atoms with Crippen LogP contribution in [0.4, 0.5) is 0 Å². The van der Waals surface area contributed by atoms with Crippen LogP contribution in [0.2, 0.25) is 0 Å². The van der Waals surface area contributed by atoms with Crippen LogP contribution in [0.3, 0.4) is 0 Å². The van der Waals surface area contributed by atoms with Crippen LogP contribution in [-0.4, -0.2) is 41.2 Å². The van der Waals surface area contributed by atoms with Crippen molar-refractivity contribution in [3.63, 3.8) is 0 Å². The quantitative estimate of drug-likeness (QED) is 0.270. The topological polar surface area (TPSA) is 88.2 Å². The number of aliphatic imine (C=N–C) groups is 1. The van der Waals surface area contributed by atoms with Gasteiger partial charge in [0.2, 0.25) is 5.89 Å². The number of rotatable bonds is 8. The molecular weight excluding hydrogens is 439 g/mol. The van der Waals surface area contributed by atoms with Gasteiger partial charge in [0.15, 0.2) is 11.8 Å². The van der Waals surface area contributed by atoms with Crippen LogP contribution in [0.5, 0.6) is 0 Å². The number of nitrogens with one attached hydrogen (secondary N) is 2. The van der Waals surface area contributed by atoms with Gasteiger partial charge >= 0.3 is 0 Å². The summed E-state index contributed by atoms with van der Waals surface area (Å²) >= 11 is 1.78. The van der Waals surface area contributed by atoms with Crippen LogP contribution >= 0.6 is 35.3 Å². The van der Waals surface area contributed by atoms with Gasteiger partial charge in [-0.3, -0.25) is 4.99 Å². The van der Waals surface area contributed by atoms with Gasteiger partial charge in [0.1, 0.15) is 0 Å². The maximum atomic E-state index is 5.08. The number of thiazole rings is 1. The average Bonchev–Trinajstić information content (AvgIpc) is 3.18. The largest absolute Gasteiger partial charge is 0.356 e. The van der Waals surface area contributed by atoms with Crippen molar-refractivity contribution in [2.24, 2.45) is 4.99 Å². The van der Waals surface area contributed by atoms with Gasteiger partial charge in [0.25, 0.3) is 0 Å². The smallest absolute Gasteiger partial charge is 0.226 e. The summed E-state index contributed by atoms with van der Waals surface area (Å²) in [5, 5.41) is 11.5. The highest BCUT2D eigenvalue weighted by Gasteiger charge is 2.04. The highest BCUT2D eigenvalue weighted by molar-refractivity contribution is 14.0. The number of hydrogen-bond acceptors (Lipinski definition) is 6. The molecule has 2 rings (SSSR count). The second-order valence-corrected chi connectivity index (χ2v) is 6.29.